The van der Waals surface area contributed by atoms with Crippen LogP contribution in [0.2, 0.25) is 0 Å². The zero-order chi connectivity index (χ0) is 16.2. The summed E-state index contributed by atoms with van der Waals surface area (Å²) in [4.78, 5) is 0. The van der Waals surface area contributed by atoms with E-state index < -0.39 is 24.0 Å². The van der Waals surface area contributed by atoms with Crippen molar-refractivity contribution in [1.29, 1.82) is 0 Å². The van der Waals surface area contributed by atoms with Crippen molar-refractivity contribution in [2.45, 2.75) is 106 Å². The van der Waals surface area contributed by atoms with Gasteiger partial charge in [-0.1, -0.05) is 12.8 Å². The highest BCUT2D eigenvalue weighted by Gasteiger charge is 2.63. The Morgan fingerprint density at radius 1 is 0.667 bits per heavy atom. The third-order valence-electron chi connectivity index (χ3n) is 6.39. The largest absolute Gasteiger partial charge is 0.394 e. The lowest BCUT2D eigenvalue weighted by atomic mass is 9.94. The number of fused-ring (bicyclic) bond motifs is 3. The van der Waals surface area contributed by atoms with Gasteiger partial charge in [0.05, 0.1) is 6.61 Å². The van der Waals surface area contributed by atoms with E-state index in [1.54, 1.807) is 0 Å². The Morgan fingerprint density at radius 2 is 1.21 bits per heavy atom. The van der Waals surface area contributed by atoms with E-state index in [4.69, 9.17) is 23.7 Å². The van der Waals surface area contributed by atoms with Crippen molar-refractivity contribution in [1.82, 2.24) is 0 Å². The minimum atomic E-state index is -0.520. The molecule has 3 aliphatic heterocycles. The molecule has 5 rings (SSSR count). The van der Waals surface area contributed by atoms with Crippen LogP contribution < -0.4 is 0 Å². The Balaban J connectivity index is 1.40. The molecule has 6 heteroatoms. The Labute approximate surface area is 142 Å². The molecule has 3 heterocycles. The van der Waals surface area contributed by atoms with Gasteiger partial charge in [0.1, 0.15) is 24.4 Å². The van der Waals surface area contributed by atoms with Gasteiger partial charge in [-0.05, 0) is 25.7 Å². The van der Waals surface area contributed by atoms with Crippen molar-refractivity contribution >= 4 is 0 Å². The molecule has 5 fully saturated rings. The van der Waals surface area contributed by atoms with Crippen molar-refractivity contribution in [3.05, 3.63) is 0 Å². The molecule has 5 aliphatic rings. The Bertz CT molecular complexity index is 470. The van der Waals surface area contributed by atoms with Crippen LogP contribution in [0.15, 0.2) is 0 Å². The molecule has 2 saturated carbocycles. The van der Waals surface area contributed by atoms with Crippen LogP contribution in [-0.4, -0.2) is 54.0 Å². The van der Waals surface area contributed by atoms with E-state index in [0.717, 1.165) is 51.4 Å². The van der Waals surface area contributed by atoms with Gasteiger partial charge in [0.15, 0.2) is 17.9 Å². The fourth-order valence-corrected chi connectivity index (χ4v) is 5.19. The Kier molecular flexibility index (Phi) is 3.92. The first-order chi connectivity index (χ1) is 11.7. The quantitative estimate of drug-likeness (QED) is 0.789. The maximum atomic E-state index is 9.79. The number of aliphatic hydroxyl groups excluding tert-OH is 1. The monoisotopic (exact) mass is 340 g/mol. The molecule has 24 heavy (non-hydrogen) atoms. The van der Waals surface area contributed by atoms with Crippen molar-refractivity contribution < 1.29 is 28.8 Å². The molecule has 3 saturated heterocycles. The summed E-state index contributed by atoms with van der Waals surface area (Å²) >= 11 is 0. The average Bonchev–Trinajstić information content (AvgIpc) is 3.14. The van der Waals surface area contributed by atoms with E-state index in [-0.39, 0.29) is 24.9 Å². The molecule has 0 unspecified atom stereocenters. The van der Waals surface area contributed by atoms with Crippen LogP contribution in [-0.2, 0) is 23.7 Å². The molecule has 0 bridgehead atoms. The van der Waals surface area contributed by atoms with Gasteiger partial charge in [-0.2, -0.15) is 0 Å². The third kappa shape index (κ3) is 2.46. The van der Waals surface area contributed by atoms with Crippen molar-refractivity contribution in [2.75, 3.05) is 6.61 Å². The number of hydrogen-bond acceptors (Lipinski definition) is 6. The SMILES string of the molecule is OC[C@H]1O[C@H]2OC3(CCCCC3)O[C@@H]2[C@@H]2OC3(CCCCC3)O[C@@H]21. The van der Waals surface area contributed by atoms with Crippen LogP contribution in [0, 0.1) is 0 Å². The second-order valence-corrected chi connectivity index (χ2v) is 8.03. The lowest BCUT2D eigenvalue weighted by Crippen LogP contribution is -2.56. The summed E-state index contributed by atoms with van der Waals surface area (Å²) in [5.74, 6) is -1.03. The molecule has 0 radical (unpaired) electrons. The van der Waals surface area contributed by atoms with Gasteiger partial charge in [-0.15, -0.1) is 0 Å². The summed E-state index contributed by atoms with van der Waals surface area (Å²) in [5, 5.41) is 9.79. The van der Waals surface area contributed by atoms with Crippen molar-refractivity contribution in [3.8, 4) is 0 Å². The van der Waals surface area contributed by atoms with Crippen LogP contribution in [0.4, 0.5) is 0 Å². The van der Waals surface area contributed by atoms with Gasteiger partial charge < -0.3 is 28.8 Å². The molecule has 0 aromatic carbocycles. The topological polar surface area (TPSA) is 66.4 Å². The highest BCUT2D eigenvalue weighted by molar-refractivity contribution is 5.02. The van der Waals surface area contributed by atoms with E-state index in [9.17, 15) is 5.11 Å². The van der Waals surface area contributed by atoms with Gasteiger partial charge in [0, 0.05) is 25.7 Å². The number of ether oxygens (including phenoxy) is 5. The summed E-state index contributed by atoms with van der Waals surface area (Å²) < 4.78 is 31.4. The molecule has 0 amide bonds. The maximum Gasteiger partial charge on any atom is 0.190 e. The predicted molar refractivity (Wildman–Crippen MR) is 83.1 cm³/mol. The number of hydrogen-bond donors (Lipinski definition) is 1. The second-order valence-electron chi connectivity index (χ2n) is 8.03. The second kappa shape index (κ2) is 5.89. The van der Waals surface area contributed by atoms with E-state index in [0.29, 0.717) is 0 Å². The third-order valence-corrected chi connectivity index (χ3v) is 6.39. The van der Waals surface area contributed by atoms with E-state index >= 15 is 0 Å². The van der Waals surface area contributed by atoms with Gasteiger partial charge >= 0.3 is 0 Å². The minimum absolute atomic E-state index is 0.0831. The normalized spacial score (nSPS) is 46.1. The highest BCUT2D eigenvalue weighted by Crippen LogP contribution is 2.50. The van der Waals surface area contributed by atoms with Crippen LogP contribution in [0.25, 0.3) is 0 Å². The van der Waals surface area contributed by atoms with Gasteiger partial charge in [0.2, 0.25) is 0 Å². The molecule has 136 valence electrons. The zero-order valence-electron chi connectivity index (χ0n) is 14.2. The first-order valence-electron chi connectivity index (χ1n) is 9.70. The zero-order valence-corrected chi connectivity index (χ0v) is 14.2. The number of aliphatic hydroxyl groups is 1. The minimum Gasteiger partial charge on any atom is -0.394 e. The first kappa shape index (κ1) is 16.0. The van der Waals surface area contributed by atoms with Crippen LogP contribution in [0.3, 0.4) is 0 Å². The number of rotatable bonds is 1. The van der Waals surface area contributed by atoms with E-state index in [2.05, 4.69) is 0 Å². The lowest BCUT2D eigenvalue weighted by Gasteiger charge is -2.36. The fraction of sp³-hybridized carbons (Fsp3) is 1.00. The highest BCUT2D eigenvalue weighted by atomic mass is 16.9. The van der Waals surface area contributed by atoms with Crippen LogP contribution >= 0.6 is 0 Å². The standard InChI is InChI=1S/C18H28O6/c19-11-12-13-14(22-17(21-13)7-3-1-4-8-17)15-16(20-12)24-18(23-15)9-5-2-6-10-18/h12-16,19H,1-11H2/t12-,13-,14-,15-,16+/m1/s1. The summed E-state index contributed by atoms with van der Waals surface area (Å²) in [6, 6.07) is 0. The van der Waals surface area contributed by atoms with Crippen LogP contribution in [0.5, 0.6) is 0 Å². The molecule has 6 nitrogen and oxygen atoms in total. The maximum absolute atomic E-state index is 9.79. The molecule has 2 aliphatic carbocycles. The summed E-state index contributed by atoms with van der Waals surface area (Å²) in [6.45, 7) is -0.0831. The van der Waals surface area contributed by atoms with Crippen molar-refractivity contribution in [2.24, 2.45) is 0 Å². The lowest BCUT2D eigenvalue weighted by molar-refractivity contribution is -0.254. The van der Waals surface area contributed by atoms with Crippen molar-refractivity contribution in [3.63, 3.8) is 0 Å². The molecular formula is C18H28O6. The first-order valence-corrected chi connectivity index (χ1v) is 9.70. The Hall–Kier alpha value is -0.240. The Morgan fingerprint density at radius 3 is 1.83 bits per heavy atom. The molecule has 0 aromatic rings. The predicted octanol–water partition coefficient (Wildman–Crippen LogP) is 2.22. The average molecular weight is 340 g/mol. The summed E-state index contributed by atoms with van der Waals surface area (Å²) in [5.41, 5.74) is 0. The summed E-state index contributed by atoms with van der Waals surface area (Å²) in [6.07, 6.45) is 9.04. The van der Waals surface area contributed by atoms with E-state index in [1.165, 1.54) is 12.8 Å². The van der Waals surface area contributed by atoms with Gasteiger partial charge in [0.25, 0.3) is 0 Å². The molecule has 0 aromatic heterocycles. The smallest absolute Gasteiger partial charge is 0.190 e. The molecule has 2 spiro atoms. The fourth-order valence-electron chi connectivity index (χ4n) is 5.19. The molecule has 1 N–H and O–H groups in total. The van der Waals surface area contributed by atoms with Gasteiger partial charge in [-0.25, -0.2) is 0 Å². The van der Waals surface area contributed by atoms with Crippen LogP contribution in [0.1, 0.15) is 64.2 Å². The van der Waals surface area contributed by atoms with E-state index in [1.807, 2.05) is 0 Å². The molecular weight excluding hydrogens is 312 g/mol. The molecule has 5 atom stereocenters. The van der Waals surface area contributed by atoms with Gasteiger partial charge in [-0.3, -0.25) is 0 Å². The summed E-state index contributed by atoms with van der Waals surface area (Å²) in [7, 11) is 0.